The standard InChI is InChI=1S/C21H20N2O2/c1-14-5-4-6-20(11-14)23-15(2)12-18(16(23)3)13-22-19-9-7-17(8-10-19)21(24)25/h4-13H,1-3H3,(H,24,25). The van der Waals surface area contributed by atoms with Crippen LogP contribution in [0.1, 0.15) is 32.9 Å². The van der Waals surface area contributed by atoms with Crippen molar-refractivity contribution in [3.63, 3.8) is 0 Å². The van der Waals surface area contributed by atoms with E-state index in [0.717, 1.165) is 28.3 Å². The maximum absolute atomic E-state index is 10.9. The largest absolute Gasteiger partial charge is 0.478 e. The summed E-state index contributed by atoms with van der Waals surface area (Å²) in [5.74, 6) is -0.933. The summed E-state index contributed by atoms with van der Waals surface area (Å²) in [6.07, 6.45) is 1.82. The lowest BCUT2D eigenvalue weighted by atomic mass is 10.2. The molecule has 0 atom stereocenters. The zero-order valence-electron chi connectivity index (χ0n) is 14.5. The van der Waals surface area contributed by atoms with Crippen molar-refractivity contribution in [1.82, 2.24) is 4.57 Å². The van der Waals surface area contributed by atoms with Crippen molar-refractivity contribution in [2.24, 2.45) is 4.99 Å². The van der Waals surface area contributed by atoms with Gasteiger partial charge in [0.15, 0.2) is 0 Å². The molecule has 25 heavy (non-hydrogen) atoms. The van der Waals surface area contributed by atoms with Crippen LogP contribution in [0, 0.1) is 20.8 Å². The van der Waals surface area contributed by atoms with Crippen LogP contribution in [0.4, 0.5) is 5.69 Å². The fourth-order valence-corrected chi connectivity index (χ4v) is 2.92. The lowest BCUT2D eigenvalue weighted by Crippen LogP contribution is -1.99. The fourth-order valence-electron chi connectivity index (χ4n) is 2.92. The summed E-state index contributed by atoms with van der Waals surface area (Å²) in [6.45, 7) is 6.24. The minimum absolute atomic E-state index is 0.261. The smallest absolute Gasteiger partial charge is 0.335 e. The molecule has 4 nitrogen and oxygen atoms in total. The Hall–Kier alpha value is -3.14. The van der Waals surface area contributed by atoms with E-state index in [2.05, 4.69) is 60.7 Å². The highest BCUT2D eigenvalue weighted by molar-refractivity contribution is 5.88. The van der Waals surface area contributed by atoms with Crippen molar-refractivity contribution in [1.29, 1.82) is 0 Å². The number of aromatic carboxylic acids is 1. The van der Waals surface area contributed by atoms with Gasteiger partial charge in [-0.3, -0.25) is 4.99 Å². The highest BCUT2D eigenvalue weighted by atomic mass is 16.4. The van der Waals surface area contributed by atoms with Crippen LogP contribution in [0.15, 0.2) is 59.6 Å². The van der Waals surface area contributed by atoms with Crippen LogP contribution in [0.2, 0.25) is 0 Å². The lowest BCUT2D eigenvalue weighted by Gasteiger charge is -2.10. The van der Waals surface area contributed by atoms with Gasteiger partial charge in [0.25, 0.3) is 0 Å². The van der Waals surface area contributed by atoms with E-state index < -0.39 is 5.97 Å². The first-order valence-corrected chi connectivity index (χ1v) is 8.09. The number of nitrogens with zero attached hydrogens (tertiary/aromatic N) is 2. The molecule has 1 heterocycles. The van der Waals surface area contributed by atoms with E-state index in [-0.39, 0.29) is 5.56 Å². The molecule has 0 spiro atoms. The number of aliphatic imine (C=N–C) groups is 1. The van der Waals surface area contributed by atoms with E-state index in [4.69, 9.17) is 5.11 Å². The van der Waals surface area contributed by atoms with Gasteiger partial charge < -0.3 is 9.67 Å². The molecule has 0 aliphatic heterocycles. The summed E-state index contributed by atoms with van der Waals surface area (Å²) in [7, 11) is 0. The molecule has 3 aromatic rings. The molecular weight excluding hydrogens is 312 g/mol. The van der Waals surface area contributed by atoms with Crippen LogP contribution in [0.3, 0.4) is 0 Å². The number of rotatable bonds is 4. The normalized spacial score (nSPS) is 11.2. The molecule has 0 bridgehead atoms. The first-order valence-electron chi connectivity index (χ1n) is 8.09. The molecule has 0 fully saturated rings. The molecule has 2 aromatic carbocycles. The number of hydrogen-bond acceptors (Lipinski definition) is 2. The van der Waals surface area contributed by atoms with Gasteiger partial charge in [-0.15, -0.1) is 0 Å². The molecule has 1 N–H and O–H groups in total. The Morgan fingerprint density at radius 2 is 1.76 bits per heavy atom. The van der Waals surface area contributed by atoms with Gasteiger partial charge in [-0.1, -0.05) is 12.1 Å². The molecule has 0 radical (unpaired) electrons. The minimum Gasteiger partial charge on any atom is -0.478 e. The molecular formula is C21H20N2O2. The molecule has 0 unspecified atom stereocenters. The highest BCUT2D eigenvalue weighted by Crippen LogP contribution is 2.21. The summed E-state index contributed by atoms with van der Waals surface area (Å²) in [5.41, 5.74) is 6.65. The van der Waals surface area contributed by atoms with Gasteiger partial charge in [0.2, 0.25) is 0 Å². The molecule has 0 saturated carbocycles. The van der Waals surface area contributed by atoms with Crippen molar-refractivity contribution in [2.75, 3.05) is 0 Å². The first-order chi connectivity index (χ1) is 12.0. The number of carboxylic acid groups (broad SMARTS) is 1. The second kappa shape index (κ2) is 6.77. The van der Waals surface area contributed by atoms with Gasteiger partial charge in [-0.05, 0) is 68.8 Å². The topological polar surface area (TPSA) is 54.6 Å². The number of aryl methyl sites for hydroxylation is 2. The maximum Gasteiger partial charge on any atom is 0.335 e. The van der Waals surface area contributed by atoms with E-state index in [1.165, 1.54) is 5.56 Å². The van der Waals surface area contributed by atoms with Gasteiger partial charge in [0.05, 0.1) is 11.3 Å². The molecule has 0 amide bonds. The zero-order chi connectivity index (χ0) is 18.0. The number of benzene rings is 2. The average Bonchev–Trinajstić information content (AvgIpc) is 2.87. The van der Waals surface area contributed by atoms with Crippen LogP contribution in [-0.4, -0.2) is 21.9 Å². The van der Waals surface area contributed by atoms with E-state index in [1.54, 1.807) is 24.3 Å². The van der Waals surface area contributed by atoms with E-state index in [1.807, 2.05) is 6.21 Å². The second-order valence-corrected chi connectivity index (χ2v) is 6.11. The van der Waals surface area contributed by atoms with E-state index in [9.17, 15) is 4.79 Å². The lowest BCUT2D eigenvalue weighted by molar-refractivity contribution is 0.0697. The summed E-state index contributed by atoms with van der Waals surface area (Å²) in [6, 6.07) is 17.0. The Kier molecular flexibility index (Phi) is 4.52. The Morgan fingerprint density at radius 1 is 1.04 bits per heavy atom. The number of carbonyl (C=O) groups is 1. The van der Waals surface area contributed by atoms with Crippen molar-refractivity contribution < 1.29 is 9.90 Å². The van der Waals surface area contributed by atoms with Crippen molar-refractivity contribution in [3.8, 4) is 5.69 Å². The van der Waals surface area contributed by atoms with Gasteiger partial charge in [0, 0.05) is 28.9 Å². The Labute approximate surface area is 147 Å². The summed E-state index contributed by atoms with van der Waals surface area (Å²) >= 11 is 0. The second-order valence-electron chi connectivity index (χ2n) is 6.11. The first kappa shape index (κ1) is 16.7. The molecule has 0 aliphatic carbocycles. The monoisotopic (exact) mass is 332 g/mol. The molecule has 0 aliphatic rings. The summed E-state index contributed by atoms with van der Waals surface area (Å²) in [4.78, 5) is 15.4. The number of aromatic nitrogens is 1. The Morgan fingerprint density at radius 3 is 2.40 bits per heavy atom. The Balaban J connectivity index is 1.91. The average molecular weight is 332 g/mol. The van der Waals surface area contributed by atoms with Crippen LogP contribution in [0.25, 0.3) is 5.69 Å². The third-order valence-electron chi connectivity index (χ3n) is 4.20. The SMILES string of the molecule is Cc1cccc(-n2c(C)cc(C=Nc3ccc(C(=O)O)cc3)c2C)c1. The van der Waals surface area contributed by atoms with E-state index >= 15 is 0 Å². The van der Waals surface area contributed by atoms with Crippen LogP contribution >= 0.6 is 0 Å². The van der Waals surface area contributed by atoms with Gasteiger partial charge >= 0.3 is 5.97 Å². The van der Waals surface area contributed by atoms with Crippen molar-refractivity contribution >= 4 is 17.9 Å². The predicted octanol–water partition coefficient (Wildman–Crippen LogP) is 4.85. The summed E-state index contributed by atoms with van der Waals surface area (Å²) in [5, 5.41) is 8.94. The summed E-state index contributed by atoms with van der Waals surface area (Å²) < 4.78 is 2.21. The fraction of sp³-hybridized carbons (Fsp3) is 0.143. The minimum atomic E-state index is -0.933. The quantitative estimate of drug-likeness (QED) is 0.694. The van der Waals surface area contributed by atoms with Crippen LogP contribution in [-0.2, 0) is 0 Å². The molecule has 3 rings (SSSR count). The van der Waals surface area contributed by atoms with Crippen molar-refractivity contribution in [3.05, 3.63) is 82.7 Å². The maximum atomic E-state index is 10.9. The van der Waals surface area contributed by atoms with Gasteiger partial charge in [0.1, 0.15) is 0 Å². The molecule has 4 heteroatoms. The van der Waals surface area contributed by atoms with Crippen LogP contribution in [0.5, 0.6) is 0 Å². The number of carboxylic acids is 1. The number of hydrogen-bond donors (Lipinski definition) is 1. The predicted molar refractivity (Wildman–Crippen MR) is 101 cm³/mol. The van der Waals surface area contributed by atoms with Gasteiger partial charge in [-0.25, -0.2) is 4.79 Å². The molecule has 1 aromatic heterocycles. The zero-order valence-corrected chi connectivity index (χ0v) is 14.5. The Bertz CT molecular complexity index is 951. The molecule has 0 saturated heterocycles. The van der Waals surface area contributed by atoms with Gasteiger partial charge in [-0.2, -0.15) is 0 Å². The third kappa shape index (κ3) is 3.53. The van der Waals surface area contributed by atoms with Crippen LogP contribution < -0.4 is 0 Å². The van der Waals surface area contributed by atoms with Crippen molar-refractivity contribution in [2.45, 2.75) is 20.8 Å². The molecule has 126 valence electrons. The highest BCUT2D eigenvalue weighted by Gasteiger charge is 2.09. The third-order valence-corrected chi connectivity index (χ3v) is 4.20. The van der Waals surface area contributed by atoms with E-state index in [0.29, 0.717) is 0 Å².